The van der Waals surface area contributed by atoms with Gasteiger partial charge in [0.15, 0.2) is 5.17 Å². The topological polar surface area (TPSA) is 45.1 Å². The molecule has 1 amide bonds. The standard InChI is InChI=1S/C21H20ClN3O2S2/c1-4-24-15-8-6-7-9-17(15)28-20(24)18-19(26)25(5-2)21(29-18)23-14-12-13(22)10-11-16(14)27-3/h6-12H,4-5H2,1-3H3. The van der Waals surface area contributed by atoms with Gasteiger partial charge in [0.2, 0.25) is 0 Å². The summed E-state index contributed by atoms with van der Waals surface area (Å²) in [5, 5.41) is 2.17. The fourth-order valence-electron chi connectivity index (χ4n) is 3.27. The summed E-state index contributed by atoms with van der Waals surface area (Å²) in [4.78, 5) is 23.7. The van der Waals surface area contributed by atoms with E-state index >= 15 is 0 Å². The Morgan fingerprint density at radius 3 is 2.55 bits per heavy atom. The molecule has 0 unspecified atom stereocenters. The van der Waals surface area contributed by atoms with Crippen molar-refractivity contribution in [3.8, 4) is 5.75 Å². The Morgan fingerprint density at radius 2 is 1.83 bits per heavy atom. The Hall–Kier alpha value is -2.09. The Morgan fingerprint density at radius 1 is 1.07 bits per heavy atom. The molecule has 29 heavy (non-hydrogen) atoms. The molecule has 0 radical (unpaired) electrons. The maximum atomic E-state index is 13.2. The van der Waals surface area contributed by atoms with Crippen LogP contribution < -0.4 is 9.64 Å². The van der Waals surface area contributed by atoms with Gasteiger partial charge in [-0.25, -0.2) is 4.99 Å². The van der Waals surface area contributed by atoms with Crippen molar-refractivity contribution in [1.29, 1.82) is 0 Å². The van der Waals surface area contributed by atoms with E-state index in [0.717, 1.165) is 22.2 Å². The lowest BCUT2D eigenvalue weighted by atomic mass is 10.3. The van der Waals surface area contributed by atoms with E-state index in [9.17, 15) is 4.79 Å². The maximum Gasteiger partial charge on any atom is 0.269 e. The number of nitrogens with zero attached hydrogens (tertiary/aromatic N) is 3. The zero-order valence-electron chi connectivity index (χ0n) is 16.3. The Labute approximate surface area is 183 Å². The summed E-state index contributed by atoms with van der Waals surface area (Å²) in [7, 11) is 1.59. The number of ether oxygens (including phenoxy) is 1. The minimum atomic E-state index is -0.0222. The number of hydrogen-bond donors (Lipinski definition) is 0. The van der Waals surface area contributed by atoms with Crippen LogP contribution in [-0.2, 0) is 4.79 Å². The molecule has 2 aliphatic heterocycles. The van der Waals surface area contributed by atoms with Gasteiger partial charge in [-0.15, -0.1) is 0 Å². The van der Waals surface area contributed by atoms with Crippen molar-refractivity contribution in [2.24, 2.45) is 4.99 Å². The van der Waals surface area contributed by atoms with Crippen LogP contribution in [0.25, 0.3) is 0 Å². The van der Waals surface area contributed by atoms with Crippen LogP contribution in [0.4, 0.5) is 11.4 Å². The molecule has 8 heteroatoms. The van der Waals surface area contributed by atoms with Gasteiger partial charge in [-0.3, -0.25) is 9.69 Å². The largest absolute Gasteiger partial charge is 0.494 e. The molecular weight excluding hydrogens is 426 g/mol. The van der Waals surface area contributed by atoms with Crippen LogP contribution in [-0.4, -0.2) is 36.2 Å². The number of thioether (sulfide) groups is 2. The van der Waals surface area contributed by atoms with Crippen LogP contribution in [0.2, 0.25) is 5.02 Å². The van der Waals surface area contributed by atoms with E-state index in [0.29, 0.717) is 33.1 Å². The summed E-state index contributed by atoms with van der Waals surface area (Å²) < 4.78 is 5.41. The maximum absolute atomic E-state index is 13.2. The van der Waals surface area contributed by atoms with Gasteiger partial charge in [-0.1, -0.05) is 35.5 Å². The first-order valence-corrected chi connectivity index (χ1v) is 11.3. The average molecular weight is 446 g/mol. The van der Waals surface area contributed by atoms with E-state index in [1.165, 1.54) is 11.8 Å². The normalized spacial score (nSPS) is 20.0. The van der Waals surface area contributed by atoms with Crippen molar-refractivity contribution >= 4 is 57.6 Å². The van der Waals surface area contributed by atoms with E-state index in [2.05, 4.69) is 24.0 Å². The van der Waals surface area contributed by atoms with E-state index in [4.69, 9.17) is 21.3 Å². The highest BCUT2D eigenvalue weighted by atomic mass is 35.5. The SMILES string of the molecule is CCN1C(=O)C(=C2Sc3ccccc3N2CC)SC1=Nc1cc(Cl)ccc1OC. The van der Waals surface area contributed by atoms with Gasteiger partial charge in [0.25, 0.3) is 5.91 Å². The Bertz CT molecular complexity index is 1040. The van der Waals surface area contributed by atoms with Crippen LogP contribution in [0.5, 0.6) is 5.75 Å². The second-order valence-electron chi connectivity index (χ2n) is 6.31. The van der Waals surface area contributed by atoms with Crippen molar-refractivity contribution in [3.63, 3.8) is 0 Å². The van der Waals surface area contributed by atoms with Crippen LogP contribution >= 0.6 is 35.1 Å². The highest BCUT2D eigenvalue weighted by Gasteiger charge is 2.39. The van der Waals surface area contributed by atoms with Gasteiger partial charge >= 0.3 is 0 Å². The van der Waals surface area contributed by atoms with Crippen LogP contribution in [0.1, 0.15) is 13.8 Å². The number of aliphatic imine (C=N–C) groups is 1. The number of carbonyl (C=O) groups excluding carboxylic acids is 1. The lowest BCUT2D eigenvalue weighted by Crippen LogP contribution is -2.29. The first-order valence-electron chi connectivity index (χ1n) is 9.28. The number of fused-ring (bicyclic) bond motifs is 1. The molecule has 2 heterocycles. The van der Waals surface area contributed by atoms with Gasteiger partial charge in [-0.05, 0) is 55.9 Å². The monoisotopic (exact) mass is 445 g/mol. The van der Waals surface area contributed by atoms with E-state index in [-0.39, 0.29) is 5.91 Å². The number of amides is 1. The minimum absolute atomic E-state index is 0.0222. The number of methoxy groups -OCH3 is 1. The third-order valence-corrected chi connectivity index (χ3v) is 7.27. The summed E-state index contributed by atoms with van der Waals surface area (Å²) in [5.74, 6) is 0.593. The summed E-state index contributed by atoms with van der Waals surface area (Å²) in [6.07, 6.45) is 0. The van der Waals surface area contributed by atoms with E-state index in [1.54, 1.807) is 42.0 Å². The fourth-order valence-corrected chi connectivity index (χ4v) is 5.88. The molecule has 4 rings (SSSR count). The van der Waals surface area contributed by atoms with Crippen molar-refractivity contribution in [2.45, 2.75) is 18.7 Å². The van der Waals surface area contributed by atoms with Crippen molar-refractivity contribution in [2.75, 3.05) is 25.1 Å². The summed E-state index contributed by atoms with van der Waals surface area (Å²) in [6.45, 7) is 5.37. The summed E-state index contributed by atoms with van der Waals surface area (Å²) in [5.41, 5.74) is 1.75. The molecule has 2 aromatic carbocycles. The van der Waals surface area contributed by atoms with E-state index < -0.39 is 0 Å². The molecule has 0 aromatic heterocycles. The molecular formula is C21H20ClN3O2S2. The number of likely N-dealkylation sites (N-methyl/N-ethyl adjacent to an activating group) is 1. The first-order chi connectivity index (χ1) is 14.1. The smallest absolute Gasteiger partial charge is 0.269 e. The highest BCUT2D eigenvalue weighted by Crippen LogP contribution is 2.50. The summed E-state index contributed by atoms with van der Waals surface area (Å²) >= 11 is 9.19. The molecule has 1 fully saturated rings. The third kappa shape index (κ3) is 3.63. The number of halogens is 1. The molecule has 2 aromatic rings. The lowest BCUT2D eigenvalue weighted by molar-refractivity contribution is -0.122. The lowest BCUT2D eigenvalue weighted by Gasteiger charge is -2.19. The number of amidine groups is 1. The summed E-state index contributed by atoms with van der Waals surface area (Å²) in [6, 6.07) is 13.5. The molecule has 150 valence electrons. The molecule has 1 saturated heterocycles. The van der Waals surface area contributed by atoms with Gasteiger partial charge in [0.05, 0.1) is 12.8 Å². The van der Waals surface area contributed by atoms with Gasteiger partial charge < -0.3 is 9.64 Å². The van der Waals surface area contributed by atoms with Crippen LogP contribution in [0.3, 0.4) is 0 Å². The van der Waals surface area contributed by atoms with Crippen molar-refractivity contribution in [3.05, 3.63) is 57.4 Å². The first kappa shape index (κ1) is 20.2. The molecule has 0 spiro atoms. The molecule has 5 nitrogen and oxygen atoms in total. The average Bonchev–Trinajstić information content (AvgIpc) is 3.24. The zero-order valence-corrected chi connectivity index (χ0v) is 18.7. The van der Waals surface area contributed by atoms with E-state index in [1.807, 2.05) is 19.1 Å². The van der Waals surface area contributed by atoms with Crippen molar-refractivity contribution < 1.29 is 9.53 Å². The second-order valence-corrected chi connectivity index (χ2v) is 8.75. The molecule has 0 N–H and O–H groups in total. The van der Waals surface area contributed by atoms with Crippen LogP contribution in [0, 0.1) is 0 Å². The number of rotatable bonds is 4. The van der Waals surface area contributed by atoms with Crippen molar-refractivity contribution in [1.82, 2.24) is 4.90 Å². The minimum Gasteiger partial charge on any atom is -0.494 e. The number of anilines is 1. The molecule has 0 atom stereocenters. The fraction of sp³-hybridized carbons (Fsp3) is 0.238. The number of para-hydroxylation sites is 1. The van der Waals surface area contributed by atoms with Crippen LogP contribution in [0.15, 0.2) is 62.3 Å². The zero-order chi connectivity index (χ0) is 20.5. The number of benzene rings is 2. The van der Waals surface area contributed by atoms with Gasteiger partial charge in [0.1, 0.15) is 21.4 Å². The van der Waals surface area contributed by atoms with Gasteiger partial charge in [0, 0.05) is 23.0 Å². The number of carbonyl (C=O) groups is 1. The number of hydrogen-bond acceptors (Lipinski definition) is 6. The molecule has 2 aliphatic rings. The second kappa shape index (κ2) is 8.34. The van der Waals surface area contributed by atoms with Gasteiger partial charge in [-0.2, -0.15) is 0 Å². The Balaban J connectivity index is 1.77. The predicted molar refractivity (Wildman–Crippen MR) is 122 cm³/mol. The third-order valence-electron chi connectivity index (χ3n) is 4.66. The molecule has 0 saturated carbocycles. The highest BCUT2D eigenvalue weighted by molar-refractivity contribution is 8.19. The predicted octanol–water partition coefficient (Wildman–Crippen LogP) is 5.73. The molecule has 0 bridgehead atoms. The Kier molecular flexibility index (Phi) is 5.81. The molecule has 0 aliphatic carbocycles. The quantitative estimate of drug-likeness (QED) is 0.562.